The highest BCUT2D eigenvalue weighted by Gasteiger charge is 2.41. The second-order valence-corrected chi connectivity index (χ2v) is 8.49. The van der Waals surface area contributed by atoms with Gasteiger partial charge in [0.2, 0.25) is 5.89 Å². The van der Waals surface area contributed by atoms with Crippen LogP contribution in [0.25, 0.3) is 11.3 Å². The minimum absolute atomic E-state index is 0.192. The van der Waals surface area contributed by atoms with Gasteiger partial charge in [-0.05, 0) is 12.5 Å². The SMILES string of the molecule is CCNC(=NCc1ncc(-c2ccccc2)o1)N1CC2OCCN(Cc3ccccc3)C2C1. The Morgan fingerprint density at radius 3 is 2.67 bits per heavy atom. The summed E-state index contributed by atoms with van der Waals surface area (Å²) in [5.41, 5.74) is 2.36. The van der Waals surface area contributed by atoms with Crippen LogP contribution in [-0.2, 0) is 17.8 Å². The summed E-state index contributed by atoms with van der Waals surface area (Å²) >= 11 is 0. The van der Waals surface area contributed by atoms with Gasteiger partial charge in [-0.25, -0.2) is 9.98 Å². The monoisotopic (exact) mass is 445 g/mol. The summed E-state index contributed by atoms with van der Waals surface area (Å²) in [6.07, 6.45) is 1.96. The van der Waals surface area contributed by atoms with E-state index in [0.717, 1.165) is 56.6 Å². The summed E-state index contributed by atoms with van der Waals surface area (Å²) < 4.78 is 12.1. The van der Waals surface area contributed by atoms with Crippen molar-refractivity contribution in [1.29, 1.82) is 0 Å². The number of ether oxygens (including phenoxy) is 1. The number of hydrogen-bond donors (Lipinski definition) is 1. The van der Waals surface area contributed by atoms with Gasteiger partial charge in [-0.3, -0.25) is 4.90 Å². The first kappa shape index (κ1) is 21.7. The van der Waals surface area contributed by atoms with Crippen LogP contribution in [0.15, 0.2) is 76.3 Å². The molecule has 0 amide bonds. The standard InChI is InChI=1S/C26H31N5O2/c1-2-27-26(29-16-25-28-15-23(33-25)21-11-7-4-8-12-21)31-18-22-24(19-31)32-14-13-30(22)17-20-9-5-3-6-10-20/h3-12,15,22,24H,2,13-14,16-19H2,1H3,(H,27,29). The zero-order valence-electron chi connectivity index (χ0n) is 19.1. The van der Waals surface area contributed by atoms with E-state index in [2.05, 4.69) is 57.4 Å². The lowest BCUT2D eigenvalue weighted by molar-refractivity contribution is -0.0502. The number of nitrogens with zero attached hydrogens (tertiary/aromatic N) is 4. The first-order chi connectivity index (χ1) is 16.3. The van der Waals surface area contributed by atoms with Crippen LogP contribution >= 0.6 is 0 Å². The molecule has 2 saturated heterocycles. The molecule has 172 valence electrons. The van der Waals surface area contributed by atoms with Crippen molar-refractivity contribution in [3.63, 3.8) is 0 Å². The molecule has 2 aliphatic rings. The van der Waals surface area contributed by atoms with E-state index in [4.69, 9.17) is 14.1 Å². The van der Waals surface area contributed by atoms with Gasteiger partial charge in [0.1, 0.15) is 6.54 Å². The summed E-state index contributed by atoms with van der Waals surface area (Å²) in [5.74, 6) is 2.26. The maximum Gasteiger partial charge on any atom is 0.216 e. The number of nitrogens with one attached hydrogen (secondary N) is 1. The van der Waals surface area contributed by atoms with Crippen molar-refractivity contribution < 1.29 is 9.15 Å². The van der Waals surface area contributed by atoms with Crippen LogP contribution in [-0.4, -0.2) is 65.7 Å². The molecular formula is C26H31N5O2. The van der Waals surface area contributed by atoms with Crippen LogP contribution < -0.4 is 5.32 Å². The number of oxazole rings is 1. The lowest BCUT2D eigenvalue weighted by Crippen LogP contribution is -2.50. The summed E-state index contributed by atoms with van der Waals surface area (Å²) in [4.78, 5) is 14.1. The Balaban J connectivity index is 1.27. The third-order valence-corrected chi connectivity index (χ3v) is 6.26. The van der Waals surface area contributed by atoms with E-state index in [-0.39, 0.29) is 6.10 Å². The first-order valence-corrected chi connectivity index (χ1v) is 11.7. The fourth-order valence-electron chi connectivity index (χ4n) is 4.63. The molecule has 2 aliphatic heterocycles. The second-order valence-electron chi connectivity index (χ2n) is 8.49. The maximum atomic E-state index is 6.15. The Kier molecular flexibility index (Phi) is 6.69. The molecule has 2 fully saturated rings. The second kappa shape index (κ2) is 10.2. The van der Waals surface area contributed by atoms with Gasteiger partial charge >= 0.3 is 0 Å². The van der Waals surface area contributed by atoms with E-state index >= 15 is 0 Å². The molecule has 33 heavy (non-hydrogen) atoms. The Morgan fingerprint density at radius 2 is 1.88 bits per heavy atom. The average molecular weight is 446 g/mol. The van der Waals surface area contributed by atoms with Crippen molar-refractivity contribution in [2.75, 3.05) is 32.8 Å². The van der Waals surface area contributed by atoms with Gasteiger partial charge in [0.05, 0.1) is 24.9 Å². The number of rotatable bonds is 6. The molecule has 3 heterocycles. The molecule has 0 bridgehead atoms. The molecule has 7 nitrogen and oxygen atoms in total. The molecule has 0 saturated carbocycles. The van der Waals surface area contributed by atoms with Crippen molar-refractivity contribution in [3.05, 3.63) is 78.3 Å². The minimum Gasteiger partial charge on any atom is -0.439 e. The highest BCUT2D eigenvalue weighted by Crippen LogP contribution is 2.25. The molecule has 7 heteroatoms. The number of morpholine rings is 1. The molecule has 3 aromatic rings. The highest BCUT2D eigenvalue weighted by molar-refractivity contribution is 5.80. The van der Waals surface area contributed by atoms with Gasteiger partial charge < -0.3 is 19.4 Å². The topological polar surface area (TPSA) is 66.1 Å². The lowest BCUT2D eigenvalue weighted by Gasteiger charge is -2.36. The molecule has 5 rings (SSSR count). The lowest BCUT2D eigenvalue weighted by atomic mass is 10.1. The third-order valence-electron chi connectivity index (χ3n) is 6.26. The number of aromatic nitrogens is 1. The fraction of sp³-hybridized carbons (Fsp3) is 0.385. The largest absolute Gasteiger partial charge is 0.439 e. The van der Waals surface area contributed by atoms with Gasteiger partial charge in [0.15, 0.2) is 11.7 Å². The van der Waals surface area contributed by atoms with Gasteiger partial charge in [-0.15, -0.1) is 0 Å². The van der Waals surface area contributed by atoms with Crippen LogP contribution in [0.4, 0.5) is 0 Å². The van der Waals surface area contributed by atoms with Gasteiger partial charge in [0.25, 0.3) is 0 Å². The Bertz CT molecular complexity index is 1050. The molecule has 1 aromatic heterocycles. The predicted octanol–water partition coefficient (Wildman–Crippen LogP) is 3.39. The van der Waals surface area contributed by atoms with Crippen LogP contribution in [0.3, 0.4) is 0 Å². The van der Waals surface area contributed by atoms with E-state index in [1.54, 1.807) is 6.20 Å². The minimum atomic E-state index is 0.192. The van der Waals surface area contributed by atoms with Crippen molar-refractivity contribution in [3.8, 4) is 11.3 Å². The summed E-state index contributed by atoms with van der Waals surface area (Å²) in [7, 11) is 0. The number of hydrogen-bond acceptors (Lipinski definition) is 5. The van der Waals surface area contributed by atoms with E-state index in [1.165, 1.54) is 5.56 Å². The van der Waals surface area contributed by atoms with Crippen molar-refractivity contribution in [2.24, 2.45) is 4.99 Å². The average Bonchev–Trinajstić information content (AvgIpc) is 3.51. The predicted molar refractivity (Wildman–Crippen MR) is 129 cm³/mol. The number of aliphatic imine (C=N–C) groups is 1. The van der Waals surface area contributed by atoms with Crippen molar-refractivity contribution >= 4 is 5.96 Å². The molecule has 2 aromatic carbocycles. The van der Waals surface area contributed by atoms with E-state index < -0.39 is 0 Å². The Labute approximate surface area is 195 Å². The number of likely N-dealkylation sites (tertiary alicyclic amines) is 1. The Morgan fingerprint density at radius 1 is 1.09 bits per heavy atom. The number of guanidine groups is 1. The summed E-state index contributed by atoms with van der Waals surface area (Å²) in [6.45, 7) is 7.70. The quantitative estimate of drug-likeness (QED) is 0.464. The maximum absolute atomic E-state index is 6.15. The van der Waals surface area contributed by atoms with Crippen molar-refractivity contribution in [2.45, 2.75) is 32.2 Å². The van der Waals surface area contributed by atoms with Crippen LogP contribution in [0.2, 0.25) is 0 Å². The molecule has 0 spiro atoms. The molecule has 1 N–H and O–H groups in total. The molecule has 0 radical (unpaired) electrons. The third kappa shape index (κ3) is 5.10. The Hall–Kier alpha value is -3.16. The number of benzene rings is 2. The van der Waals surface area contributed by atoms with Crippen LogP contribution in [0.5, 0.6) is 0 Å². The molecule has 2 unspecified atom stereocenters. The summed E-state index contributed by atoms with van der Waals surface area (Å²) in [6, 6.07) is 21.1. The first-order valence-electron chi connectivity index (χ1n) is 11.7. The molecule has 0 aliphatic carbocycles. The normalized spacial score (nSPS) is 21.2. The highest BCUT2D eigenvalue weighted by atomic mass is 16.5. The molecule has 2 atom stereocenters. The zero-order chi connectivity index (χ0) is 22.5. The molecular weight excluding hydrogens is 414 g/mol. The fourth-order valence-corrected chi connectivity index (χ4v) is 4.63. The summed E-state index contributed by atoms with van der Waals surface area (Å²) in [5, 5.41) is 3.44. The van der Waals surface area contributed by atoms with E-state index in [0.29, 0.717) is 18.5 Å². The van der Waals surface area contributed by atoms with E-state index in [1.807, 2.05) is 30.3 Å². The van der Waals surface area contributed by atoms with Crippen LogP contribution in [0.1, 0.15) is 18.4 Å². The van der Waals surface area contributed by atoms with Crippen LogP contribution in [0, 0.1) is 0 Å². The van der Waals surface area contributed by atoms with E-state index in [9.17, 15) is 0 Å². The van der Waals surface area contributed by atoms with Gasteiger partial charge in [-0.2, -0.15) is 0 Å². The number of fused-ring (bicyclic) bond motifs is 1. The smallest absolute Gasteiger partial charge is 0.216 e. The van der Waals surface area contributed by atoms with Crippen molar-refractivity contribution in [1.82, 2.24) is 20.1 Å². The van der Waals surface area contributed by atoms with Gasteiger partial charge in [-0.1, -0.05) is 60.7 Å². The van der Waals surface area contributed by atoms with Gasteiger partial charge in [0, 0.05) is 38.3 Å². The zero-order valence-corrected chi connectivity index (χ0v) is 19.1.